The van der Waals surface area contributed by atoms with Crippen LogP contribution < -0.4 is 10.9 Å². The van der Waals surface area contributed by atoms with Crippen molar-refractivity contribution in [3.05, 3.63) is 75.4 Å². The maximum Gasteiger partial charge on any atom is 0.261 e. The first-order valence-electron chi connectivity index (χ1n) is 8.04. The lowest BCUT2D eigenvalue weighted by molar-refractivity contribution is -0.121. The fourth-order valence-electron chi connectivity index (χ4n) is 2.75. The van der Waals surface area contributed by atoms with Gasteiger partial charge in [-0.15, -0.1) is 0 Å². The lowest BCUT2D eigenvalue weighted by Crippen LogP contribution is -2.32. The van der Waals surface area contributed by atoms with E-state index >= 15 is 0 Å². The van der Waals surface area contributed by atoms with Gasteiger partial charge in [0, 0.05) is 16.9 Å². The van der Waals surface area contributed by atoms with Crippen molar-refractivity contribution in [2.75, 3.05) is 0 Å². The minimum Gasteiger partial charge on any atom is -0.349 e. The summed E-state index contributed by atoms with van der Waals surface area (Å²) in [5, 5.41) is 2.86. The Bertz CT molecular complexity index is 1230. The lowest BCUT2D eigenvalue weighted by Gasteiger charge is -2.07. The standard InChI is InChI=1S/C18H13BrFN5O2/c19-11-1-4-16-23-13(8-24(16)7-11)6-21-17(26)9-25-10-22-15-3-2-12(20)5-14(15)18(25)27/h1-5,7-8,10H,6,9H2,(H,21,26). The zero-order valence-electron chi connectivity index (χ0n) is 13.9. The number of carbonyl (C=O) groups is 1. The molecule has 0 saturated heterocycles. The Morgan fingerprint density at radius 2 is 2.07 bits per heavy atom. The molecule has 0 aliphatic heterocycles. The molecule has 3 aromatic heterocycles. The molecule has 7 nitrogen and oxygen atoms in total. The lowest BCUT2D eigenvalue weighted by atomic mass is 10.2. The third kappa shape index (κ3) is 3.59. The molecule has 0 radical (unpaired) electrons. The van der Waals surface area contributed by atoms with Crippen molar-refractivity contribution in [2.24, 2.45) is 0 Å². The van der Waals surface area contributed by atoms with Crippen LogP contribution in [0.1, 0.15) is 5.69 Å². The highest BCUT2D eigenvalue weighted by molar-refractivity contribution is 9.10. The highest BCUT2D eigenvalue weighted by Gasteiger charge is 2.10. The summed E-state index contributed by atoms with van der Waals surface area (Å²) >= 11 is 3.39. The van der Waals surface area contributed by atoms with Crippen LogP contribution in [-0.4, -0.2) is 24.8 Å². The van der Waals surface area contributed by atoms with Gasteiger partial charge in [0.2, 0.25) is 5.91 Å². The molecule has 0 aliphatic rings. The second-order valence-corrected chi connectivity index (χ2v) is 6.88. The van der Waals surface area contributed by atoms with Gasteiger partial charge in [0.25, 0.3) is 5.56 Å². The van der Waals surface area contributed by atoms with Crippen LogP contribution >= 0.6 is 15.9 Å². The Labute approximate surface area is 160 Å². The van der Waals surface area contributed by atoms with Gasteiger partial charge in [0.05, 0.1) is 29.5 Å². The van der Waals surface area contributed by atoms with Gasteiger partial charge >= 0.3 is 0 Å². The first-order valence-corrected chi connectivity index (χ1v) is 8.83. The van der Waals surface area contributed by atoms with Crippen molar-refractivity contribution >= 4 is 38.4 Å². The molecule has 0 saturated carbocycles. The van der Waals surface area contributed by atoms with Crippen LogP contribution in [0.5, 0.6) is 0 Å². The van der Waals surface area contributed by atoms with E-state index in [-0.39, 0.29) is 24.4 Å². The van der Waals surface area contributed by atoms with Gasteiger partial charge in [-0.25, -0.2) is 14.4 Å². The minimum atomic E-state index is -0.526. The van der Waals surface area contributed by atoms with Crippen LogP contribution in [0, 0.1) is 5.82 Å². The molecule has 1 aromatic carbocycles. The molecule has 1 amide bonds. The summed E-state index contributed by atoms with van der Waals surface area (Å²) in [6, 6.07) is 7.52. The largest absolute Gasteiger partial charge is 0.349 e. The predicted octanol–water partition coefficient (Wildman–Crippen LogP) is 2.26. The molecule has 3 heterocycles. The summed E-state index contributed by atoms with van der Waals surface area (Å²) in [4.78, 5) is 33.1. The van der Waals surface area contributed by atoms with E-state index < -0.39 is 11.4 Å². The van der Waals surface area contributed by atoms with E-state index in [9.17, 15) is 14.0 Å². The van der Waals surface area contributed by atoms with E-state index in [0.29, 0.717) is 11.2 Å². The second kappa shape index (κ2) is 6.92. The molecule has 0 aliphatic carbocycles. The highest BCUT2D eigenvalue weighted by Crippen LogP contribution is 2.12. The number of pyridine rings is 1. The summed E-state index contributed by atoms with van der Waals surface area (Å²) in [5.74, 6) is -0.894. The number of hydrogen-bond donors (Lipinski definition) is 1. The van der Waals surface area contributed by atoms with Crippen LogP contribution in [0.4, 0.5) is 4.39 Å². The summed E-state index contributed by atoms with van der Waals surface area (Å²) in [6.45, 7) is 0.0136. The average Bonchev–Trinajstić information content (AvgIpc) is 3.05. The van der Waals surface area contributed by atoms with E-state index in [4.69, 9.17) is 0 Å². The van der Waals surface area contributed by atoms with Gasteiger partial charge in [-0.2, -0.15) is 0 Å². The molecule has 27 heavy (non-hydrogen) atoms. The summed E-state index contributed by atoms with van der Waals surface area (Å²) in [6.07, 6.45) is 4.96. The number of amides is 1. The van der Waals surface area contributed by atoms with Gasteiger partial charge in [-0.3, -0.25) is 14.2 Å². The maximum atomic E-state index is 13.4. The zero-order chi connectivity index (χ0) is 19.0. The normalized spacial score (nSPS) is 11.2. The summed E-state index contributed by atoms with van der Waals surface area (Å²) < 4.78 is 17.3. The van der Waals surface area contributed by atoms with E-state index in [0.717, 1.165) is 20.8 Å². The first kappa shape index (κ1) is 17.3. The van der Waals surface area contributed by atoms with Crippen LogP contribution in [-0.2, 0) is 17.9 Å². The van der Waals surface area contributed by atoms with Gasteiger partial charge in [-0.1, -0.05) is 0 Å². The van der Waals surface area contributed by atoms with Crippen molar-refractivity contribution in [1.29, 1.82) is 0 Å². The molecule has 4 aromatic rings. The Kier molecular flexibility index (Phi) is 4.44. The quantitative estimate of drug-likeness (QED) is 0.539. The highest BCUT2D eigenvalue weighted by atomic mass is 79.9. The molecule has 0 atom stereocenters. The number of carbonyl (C=O) groups excluding carboxylic acids is 1. The third-order valence-corrected chi connectivity index (χ3v) is 4.50. The third-order valence-electron chi connectivity index (χ3n) is 4.03. The van der Waals surface area contributed by atoms with E-state index in [1.54, 1.807) is 0 Å². The minimum absolute atomic E-state index is 0.135. The number of rotatable bonds is 4. The molecular weight excluding hydrogens is 417 g/mol. The number of aromatic nitrogens is 4. The Balaban J connectivity index is 1.48. The molecule has 136 valence electrons. The Morgan fingerprint density at radius 1 is 1.22 bits per heavy atom. The SMILES string of the molecule is O=C(Cn1cnc2ccc(F)cc2c1=O)NCc1cn2cc(Br)ccc2n1. The number of fused-ring (bicyclic) bond motifs is 2. The second-order valence-electron chi connectivity index (χ2n) is 5.96. The van der Waals surface area contributed by atoms with Crippen LogP contribution in [0.2, 0.25) is 0 Å². The number of halogens is 2. The van der Waals surface area contributed by atoms with Crippen molar-refractivity contribution < 1.29 is 9.18 Å². The molecule has 0 spiro atoms. The summed E-state index contributed by atoms with van der Waals surface area (Å²) in [5.41, 5.74) is 1.37. The molecule has 0 unspecified atom stereocenters. The predicted molar refractivity (Wildman–Crippen MR) is 101 cm³/mol. The van der Waals surface area contributed by atoms with Crippen LogP contribution in [0.15, 0.2) is 58.3 Å². The smallest absolute Gasteiger partial charge is 0.261 e. The van der Waals surface area contributed by atoms with Crippen molar-refractivity contribution in [1.82, 2.24) is 24.3 Å². The first-order chi connectivity index (χ1) is 13.0. The number of nitrogens with zero attached hydrogens (tertiary/aromatic N) is 4. The van der Waals surface area contributed by atoms with Gasteiger partial charge < -0.3 is 9.72 Å². The zero-order valence-corrected chi connectivity index (χ0v) is 15.5. The fraction of sp³-hybridized carbons (Fsp3) is 0.111. The van der Waals surface area contributed by atoms with Gasteiger partial charge in [-0.05, 0) is 46.3 Å². The molecule has 1 N–H and O–H groups in total. The fourth-order valence-corrected chi connectivity index (χ4v) is 3.10. The van der Waals surface area contributed by atoms with Gasteiger partial charge in [0.1, 0.15) is 18.0 Å². The van der Waals surface area contributed by atoms with Crippen molar-refractivity contribution in [2.45, 2.75) is 13.1 Å². The Morgan fingerprint density at radius 3 is 2.93 bits per heavy atom. The Hall–Kier alpha value is -3.07. The van der Waals surface area contributed by atoms with Gasteiger partial charge in [0.15, 0.2) is 0 Å². The van der Waals surface area contributed by atoms with E-state index in [2.05, 4.69) is 31.2 Å². The maximum absolute atomic E-state index is 13.4. The number of hydrogen-bond acceptors (Lipinski definition) is 4. The number of imidazole rings is 1. The van der Waals surface area contributed by atoms with E-state index in [1.807, 2.05) is 28.9 Å². The summed E-state index contributed by atoms with van der Waals surface area (Å²) in [7, 11) is 0. The average molecular weight is 430 g/mol. The topological polar surface area (TPSA) is 81.3 Å². The monoisotopic (exact) mass is 429 g/mol. The van der Waals surface area contributed by atoms with Crippen molar-refractivity contribution in [3.8, 4) is 0 Å². The molecule has 4 rings (SSSR count). The molecule has 0 fully saturated rings. The molecule has 9 heteroatoms. The van der Waals surface area contributed by atoms with Crippen LogP contribution in [0.3, 0.4) is 0 Å². The number of nitrogens with one attached hydrogen (secondary N) is 1. The molecular formula is C18H13BrFN5O2. The van der Waals surface area contributed by atoms with Crippen LogP contribution in [0.25, 0.3) is 16.6 Å². The van der Waals surface area contributed by atoms with Crippen molar-refractivity contribution in [3.63, 3.8) is 0 Å². The number of benzene rings is 1. The van der Waals surface area contributed by atoms with E-state index in [1.165, 1.54) is 18.5 Å². The molecule has 0 bridgehead atoms.